The minimum atomic E-state index is -0.609. The lowest BCUT2D eigenvalue weighted by Gasteiger charge is -2.30. The van der Waals surface area contributed by atoms with Gasteiger partial charge >= 0.3 is 0 Å². The molecule has 1 unspecified atom stereocenters. The summed E-state index contributed by atoms with van der Waals surface area (Å²) in [6.45, 7) is 0.720. The largest absolute Gasteiger partial charge is 0.497 e. The Morgan fingerprint density at radius 1 is 0.786 bits per heavy atom. The number of nitrogens with zero attached hydrogens (tertiary/aromatic N) is 1. The summed E-state index contributed by atoms with van der Waals surface area (Å²) in [6, 6.07) is 28.1. The Balaban J connectivity index is 1.64. The molecule has 1 N–H and O–H groups in total. The number of ether oxygens (including phenoxy) is 2. The lowest BCUT2D eigenvalue weighted by molar-refractivity contribution is 0.0681. The lowest BCUT2D eigenvalue weighted by Crippen LogP contribution is -2.36. The third kappa shape index (κ3) is 5.35. The van der Waals surface area contributed by atoms with Crippen LogP contribution in [0.4, 0.5) is 0 Å². The Kier molecular flexibility index (Phi) is 7.06. The molecule has 0 saturated carbocycles. The third-order valence-electron chi connectivity index (χ3n) is 4.67. The SMILES string of the molecule is COc1ccc(OCC(O)CN(C)C(c2ccccc2)c2ccccc2)cc1. The van der Waals surface area contributed by atoms with Crippen molar-refractivity contribution in [3.63, 3.8) is 0 Å². The zero-order valence-corrected chi connectivity index (χ0v) is 16.4. The Bertz CT molecular complexity index is 782. The van der Waals surface area contributed by atoms with Crippen LogP contribution in [0.5, 0.6) is 11.5 Å². The molecule has 3 rings (SSSR count). The maximum atomic E-state index is 10.5. The van der Waals surface area contributed by atoms with Crippen LogP contribution in [0.15, 0.2) is 84.9 Å². The molecule has 3 aromatic carbocycles. The zero-order valence-electron chi connectivity index (χ0n) is 16.4. The second-order valence-electron chi connectivity index (χ2n) is 6.80. The molecule has 0 aliphatic heterocycles. The van der Waals surface area contributed by atoms with E-state index in [0.29, 0.717) is 12.3 Å². The molecular formula is C24H27NO3. The first-order valence-electron chi connectivity index (χ1n) is 9.42. The van der Waals surface area contributed by atoms with E-state index >= 15 is 0 Å². The topological polar surface area (TPSA) is 41.9 Å². The highest BCUT2D eigenvalue weighted by Crippen LogP contribution is 2.27. The fourth-order valence-corrected chi connectivity index (χ4v) is 3.33. The maximum absolute atomic E-state index is 10.5. The molecule has 3 aromatic rings. The van der Waals surface area contributed by atoms with Gasteiger partial charge in [0.2, 0.25) is 0 Å². The normalized spacial score (nSPS) is 12.2. The summed E-state index contributed by atoms with van der Waals surface area (Å²) in [7, 11) is 3.66. The van der Waals surface area contributed by atoms with Crippen molar-refractivity contribution < 1.29 is 14.6 Å². The molecule has 0 heterocycles. The van der Waals surface area contributed by atoms with Crippen LogP contribution < -0.4 is 9.47 Å². The predicted octanol–water partition coefficient (Wildman–Crippen LogP) is 4.16. The molecule has 0 aromatic heterocycles. The third-order valence-corrected chi connectivity index (χ3v) is 4.67. The van der Waals surface area contributed by atoms with Crippen LogP contribution in [-0.2, 0) is 0 Å². The number of benzene rings is 3. The molecule has 4 nitrogen and oxygen atoms in total. The number of hydrogen-bond acceptors (Lipinski definition) is 4. The second kappa shape index (κ2) is 9.93. The van der Waals surface area contributed by atoms with Crippen LogP contribution in [0.25, 0.3) is 0 Å². The van der Waals surface area contributed by atoms with Crippen molar-refractivity contribution in [2.45, 2.75) is 12.1 Å². The average Bonchev–Trinajstić information content (AvgIpc) is 2.74. The van der Waals surface area contributed by atoms with Gasteiger partial charge in [-0.25, -0.2) is 0 Å². The number of rotatable bonds is 9. The van der Waals surface area contributed by atoms with Crippen LogP contribution in [0.2, 0.25) is 0 Å². The zero-order chi connectivity index (χ0) is 19.8. The van der Waals surface area contributed by atoms with E-state index in [-0.39, 0.29) is 12.6 Å². The molecule has 0 aliphatic carbocycles. The summed E-state index contributed by atoms with van der Waals surface area (Å²) in [4.78, 5) is 2.16. The van der Waals surface area contributed by atoms with Gasteiger partial charge < -0.3 is 14.6 Å². The van der Waals surface area contributed by atoms with Crippen LogP contribution in [0.3, 0.4) is 0 Å². The molecule has 146 valence electrons. The molecule has 0 radical (unpaired) electrons. The van der Waals surface area contributed by atoms with Crippen molar-refractivity contribution in [1.29, 1.82) is 0 Å². The van der Waals surface area contributed by atoms with Crippen molar-refractivity contribution in [1.82, 2.24) is 4.90 Å². The van der Waals surface area contributed by atoms with Crippen LogP contribution >= 0.6 is 0 Å². The molecule has 28 heavy (non-hydrogen) atoms. The first-order valence-corrected chi connectivity index (χ1v) is 9.42. The summed E-state index contributed by atoms with van der Waals surface area (Å²) in [5.74, 6) is 1.49. The summed E-state index contributed by atoms with van der Waals surface area (Å²) < 4.78 is 10.9. The average molecular weight is 377 g/mol. The molecule has 4 heteroatoms. The van der Waals surface area contributed by atoms with Gasteiger partial charge in [-0.1, -0.05) is 60.7 Å². The summed E-state index contributed by atoms with van der Waals surface area (Å²) in [6.07, 6.45) is -0.609. The van der Waals surface area contributed by atoms with E-state index in [1.54, 1.807) is 7.11 Å². The Morgan fingerprint density at radius 3 is 1.79 bits per heavy atom. The van der Waals surface area contributed by atoms with E-state index in [9.17, 15) is 5.11 Å². The highest BCUT2D eigenvalue weighted by molar-refractivity contribution is 5.32. The Morgan fingerprint density at radius 2 is 1.29 bits per heavy atom. The fourth-order valence-electron chi connectivity index (χ4n) is 3.33. The number of aliphatic hydroxyl groups is 1. The van der Waals surface area contributed by atoms with E-state index in [2.05, 4.69) is 29.2 Å². The van der Waals surface area contributed by atoms with Gasteiger partial charge in [0.15, 0.2) is 0 Å². The summed E-state index contributed by atoms with van der Waals surface area (Å²) in [5, 5.41) is 10.5. The molecule has 0 saturated heterocycles. The molecule has 1 atom stereocenters. The van der Waals surface area contributed by atoms with Crippen molar-refractivity contribution in [2.75, 3.05) is 27.3 Å². The maximum Gasteiger partial charge on any atom is 0.119 e. The number of hydrogen-bond donors (Lipinski definition) is 1. The van der Waals surface area contributed by atoms with Gasteiger partial charge in [-0.2, -0.15) is 0 Å². The van der Waals surface area contributed by atoms with E-state index in [0.717, 1.165) is 5.75 Å². The van der Waals surface area contributed by atoms with E-state index in [1.165, 1.54) is 11.1 Å². The molecule has 0 spiro atoms. The summed E-state index contributed by atoms with van der Waals surface area (Å²) >= 11 is 0. The monoisotopic (exact) mass is 377 g/mol. The molecular weight excluding hydrogens is 350 g/mol. The Labute approximate surface area is 167 Å². The number of methoxy groups -OCH3 is 1. The highest BCUT2D eigenvalue weighted by Gasteiger charge is 2.21. The van der Waals surface area contributed by atoms with Gasteiger partial charge in [-0.3, -0.25) is 4.90 Å². The van der Waals surface area contributed by atoms with Crippen molar-refractivity contribution in [2.24, 2.45) is 0 Å². The molecule has 0 amide bonds. The fraction of sp³-hybridized carbons (Fsp3) is 0.250. The van der Waals surface area contributed by atoms with E-state index in [4.69, 9.17) is 9.47 Å². The Hall–Kier alpha value is -2.82. The van der Waals surface area contributed by atoms with E-state index in [1.807, 2.05) is 67.7 Å². The van der Waals surface area contributed by atoms with Gasteiger partial charge in [0, 0.05) is 6.54 Å². The van der Waals surface area contributed by atoms with Crippen molar-refractivity contribution in [3.8, 4) is 11.5 Å². The molecule has 0 bridgehead atoms. The second-order valence-corrected chi connectivity index (χ2v) is 6.80. The number of likely N-dealkylation sites (N-methyl/N-ethyl adjacent to an activating group) is 1. The number of aliphatic hydroxyl groups excluding tert-OH is 1. The van der Waals surface area contributed by atoms with Gasteiger partial charge in [0.25, 0.3) is 0 Å². The predicted molar refractivity (Wildman–Crippen MR) is 112 cm³/mol. The standard InChI is InChI=1S/C24H27NO3/c1-25(17-21(26)18-28-23-15-13-22(27-2)14-16-23)24(19-9-5-3-6-10-19)20-11-7-4-8-12-20/h3-16,21,24,26H,17-18H2,1-2H3. The molecule has 0 fully saturated rings. The minimum Gasteiger partial charge on any atom is -0.497 e. The van der Waals surface area contributed by atoms with Crippen molar-refractivity contribution in [3.05, 3.63) is 96.1 Å². The van der Waals surface area contributed by atoms with Gasteiger partial charge in [0.05, 0.1) is 13.2 Å². The lowest BCUT2D eigenvalue weighted by atomic mass is 9.97. The van der Waals surface area contributed by atoms with E-state index < -0.39 is 6.10 Å². The highest BCUT2D eigenvalue weighted by atomic mass is 16.5. The van der Waals surface area contributed by atoms with Crippen LogP contribution in [0, 0.1) is 0 Å². The van der Waals surface area contributed by atoms with Gasteiger partial charge in [-0.05, 0) is 42.4 Å². The van der Waals surface area contributed by atoms with Crippen LogP contribution in [-0.4, -0.2) is 43.4 Å². The molecule has 0 aliphatic rings. The smallest absolute Gasteiger partial charge is 0.119 e. The summed E-state index contributed by atoms with van der Waals surface area (Å²) in [5.41, 5.74) is 2.39. The van der Waals surface area contributed by atoms with Gasteiger partial charge in [-0.15, -0.1) is 0 Å². The first-order chi connectivity index (χ1) is 13.7. The van der Waals surface area contributed by atoms with Gasteiger partial charge in [0.1, 0.15) is 24.2 Å². The van der Waals surface area contributed by atoms with Crippen molar-refractivity contribution >= 4 is 0 Å². The minimum absolute atomic E-state index is 0.0676. The quantitative estimate of drug-likeness (QED) is 0.608. The van der Waals surface area contributed by atoms with Crippen LogP contribution in [0.1, 0.15) is 17.2 Å². The first kappa shape index (κ1) is 19.9.